The minimum Gasteiger partial charge on any atom is -0.377 e. The number of hydrogen-bond donors (Lipinski definition) is 1. The van der Waals surface area contributed by atoms with Crippen molar-refractivity contribution in [2.45, 2.75) is 44.4 Å². The Morgan fingerprint density at radius 2 is 2.30 bits per heavy atom. The van der Waals surface area contributed by atoms with Crippen LogP contribution in [0.5, 0.6) is 0 Å². The number of rotatable bonds is 5. The van der Waals surface area contributed by atoms with Crippen LogP contribution in [-0.2, 0) is 11.3 Å². The number of hydrogen-bond acceptors (Lipinski definition) is 5. The fourth-order valence-corrected chi connectivity index (χ4v) is 3.90. The van der Waals surface area contributed by atoms with Gasteiger partial charge in [-0.3, -0.25) is 0 Å². The van der Waals surface area contributed by atoms with Crippen LogP contribution in [-0.4, -0.2) is 66.2 Å². The van der Waals surface area contributed by atoms with Gasteiger partial charge in [0.1, 0.15) is 5.01 Å². The molecule has 7 heteroatoms. The normalized spacial score (nSPS) is 23.1. The lowest BCUT2D eigenvalue weighted by molar-refractivity contribution is 0.0629. The van der Waals surface area contributed by atoms with Gasteiger partial charge in [-0.1, -0.05) is 0 Å². The number of likely N-dealkylation sites (tertiary alicyclic amines) is 1. The summed E-state index contributed by atoms with van der Waals surface area (Å²) >= 11 is 1.58. The van der Waals surface area contributed by atoms with Gasteiger partial charge in [0, 0.05) is 50.9 Å². The van der Waals surface area contributed by atoms with Crippen LogP contribution in [0.4, 0.5) is 4.79 Å². The molecule has 0 saturated carbocycles. The Bertz CT molecular complexity index is 482. The highest BCUT2D eigenvalue weighted by molar-refractivity contribution is 7.09. The van der Waals surface area contributed by atoms with Crippen molar-refractivity contribution in [3.05, 3.63) is 16.6 Å². The topological polar surface area (TPSA) is 57.7 Å². The average Bonchev–Trinajstić information content (AvgIpc) is 3.23. The lowest BCUT2D eigenvalue weighted by Gasteiger charge is -2.34. The van der Waals surface area contributed by atoms with Crippen molar-refractivity contribution in [1.29, 1.82) is 0 Å². The van der Waals surface area contributed by atoms with Crippen LogP contribution < -0.4 is 5.32 Å². The summed E-state index contributed by atoms with van der Waals surface area (Å²) in [5.41, 5.74) is 0. The number of piperidine rings is 1. The van der Waals surface area contributed by atoms with E-state index in [2.05, 4.69) is 15.2 Å². The number of nitrogens with one attached hydrogen (secondary N) is 1. The molecule has 0 unspecified atom stereocenters. The maximum Gasteiger partial charge on any atom is 0.317 e. The van der Waals surface area contributed by atoms with E-state index >= 15 is 0 Å². The SMILES string of the molecule is CN(Cc1nccs1)C(=O)NC1CCN(C[C@H]2CCCO2)CC1. The van der Waals surface area contributed by atoms with Crippen LogP contribution in [0.25, 0.3) is 0 Å². The Balaban J connectivity index is 1.36. The lowest BCUT2D eigenvalue weighted by atomic mass is 10.0. The van der Waals surface area contributed by atoms with Gasteiger partial charge in [0.15, 0.2) is 0 Å². The molecule has 0 radical (unpaired) electrons. The second kappa shape index (κ2) is 8.08. The second-order valence-corrected chi connectivity index (χ2v) is 7.42. The lowest BCUT2D eigenvalue weighted by Crippen LogP contribution is -2.49. The summed E-state index contributed by atoms with van der Waals surface area (Å²) in [5, 5.41) is 6.05. The minimum absolute atomic E-state index is 0.00206. The standard InChI is InChI=1S/C16H26N4O2S/c1-19(12-15-17-6-10-23-15)16(21)18-13-4-7-20(8-5-13)11-14-3-2-9-22-14/h6,10,13-14H,2-5,7-9,11-12H2,1H3,(H,18,21)/t14-/m1/s1. The summed E-state index contributed by atoms with van der Waals surface area (Å²) in [5.74, 6) is 0. The quantitative estimate of drug-likeness (QED) is 0.891. The molecule has 2 amide bonds. The molecule has 3 rings (SSSR count). The minimum atomic E-state index is -0.00206. The molecular formula is C16H26N4O2S. The number of amides is 2. The predicted molar refractivity (Wildman–Crippen MR) is 90.5 cm³/mol. The molecule has 2 aliphatic heterocycles. The average molecular weight is 338 g/mol. The summed E-state index contributed by atoms with van der Waals surface area (Å²) < 4.78 is 5.71. The van der Waals surface area contributed by atoms with Gasteiger partial charge in [-0.25, -0.2) is 9.78 Å². The number of nitrogens with zero attached hydrogens (tertiary/aromatic N) is 3. The number of carbonyl (C=O) groups is 1. The molecule has 0 aromatic carbocycles. The molecule has 1 aromatic heterocycles. The van der Waals surface area contributed by atoms with Gasteiger partial charge in [-0.05, 0) is 25.7 Å². The van der Waals surface area contributed by atoms with Crippen LogP contribution in [0.2, 0.25) is 0 Å². The van der Waals surface area contributed by atoms with Crippen LogP contribution in [0.1, 0.15) is 30.7 Å². The summed E-state index contributed by atoms with van der Waals surface area (Å²) in [6.45, 7) is 4.62. The Kier molecular flexibility index (Phi) is 5.85. The Morgan fingerprint density at radius 1 is 1.48 bits per heavy atom. The first kappa shape index (κ1) is 16.7. The fraction of sp³-hybridized carbons (Fsp3) is 0.750. The van der Waals surface area contributed by atoms with Gasteiger partial charge < -0.3 is 19.9 Å². The highest BCUT2D eigenvalue weighted by atomic mass is 32.1. The van der Waals surface area contributed by atoms with Crippen molar-refractivity contribution in [1.82, 2.24) is 20.1 Å². The van der Waals surface area contributed by atoms with E-state index in [0.29, 0.717) is 12.6 Å². The summed E-state index contributed by atoms with van der Waals surface area (Å²) in [6, 6.07) is 0.278. The van der Waals surface area contributed by atoms with Gasteiger partial charge in [0.05, 0.1) is 12.6 Å². The zero-order chi connectivity index (χ0) is 16.1. The van der Waals surface area contributed by atoms with Crippen molar-refractivity contribution in [3.63, 3.8) is 0 Å². The monoisotopic (exact) mass is 338 g/mol. The number of ether oxygens (including phenoxy) is 1. The first-order valence-corrected chi connectivity index (χ1v) is 9.32. The molecule has 1 aromatic rings. The second-order valence-electron chi connectivity index (χ2n) is 6.44. The first-order chi connectivity index (χ1) is 11.2. The molecular weight excluding hydrogens is 312 g/mol. The van der Waals surface area contributed by atoms with Gasteiger partial charge >= 0.3 is 6.03 Å². The Morgan fingerprint density at radius 3 is 2.96 bits per heavy atom. The van der Waals surface area contributed by atoms with E-state index in [1.807, 2.05) is 12.4 Å². The van der Waals surface area contributed by atoms with E-state index in [1.165, 1.54) is 12.8 Å². The van der Waals surface area contributed by atoms with Crippen molar-refractivity contribution in [3.8, 4) is 0 Å². The maximum atomic E-state index is 12.3. The third kappa shape index (κ3) is 4.89. The van der Waals surface area contributed by atoms with Gasteiger partial charge in [0.2, 0.25) is 0 Å². The third-order valence-corrected chi connectivity index (χ3v) is 5.37. The van der Waals surface area contributed by atoms with Crippen molar-refractivity contribution >= 4 is 17.4 Å². The predicted octanol–water partition coefficient (Wildman–Crippen LogP) is 1.93. The molecule has 2 saturated heterocycles. The smallest absolute Gasteiger partial charge is 0.317 e. The third-order valence-electron chi connectivity index (χ3n) is 4.60. The van der Waals surface area contributed by atoms with E-state index in [-0.39, 0.29) is 12.1 Å². The van der Waals surface area contributed by atoms with Crippen molar-refractivity contribution in [2.24, 2.45) is 0 Å². The highest BCUT2D eigenvalue weighted by Gasteiger charge is 2.25. The molecule has 3 heterocycles. The highest BCUT2D eigenvalue weighted by Crippen LogP contribution is 2.17. The molecule has 128 valence electrons. The van der Waals surface area contributed by atoms with Gasteiger partial charge in [0.25, 0.3) is 0 Å². The first-order valence-electron chi connectivity index (χ1n) is 8.44. The van der Waals surface area contributed by atoms with E-state index in [1.54, 1.807) is 22.4 Å². The zero-order valence-electron chi connectivity index (χ0n) is 13.7. The van der Waals surface area contributed by atoms with Crippen LogP contribution in [0.15, 0.2) is 11.6 Å². The van der Waals surface area contributed by atoms with Gasteiger partial charge in [-0.15, -0.1) is 11.3 Å². The summed E-state index contributed by atoms with van der Waals surface area (Å²) in [6.07, 6.45) is 6.62. The number of carbonyl (C=O) groups excluding carboxylic acids is 1. The molecule has 2 aliphatic rings. The Hall–Kier alpha value is -1.18. The zero-order valence-corrected chi connectivity index (χ0v) is 14.6. The number of urea groups is 1. The van der Waals surface area contributed by atoms with E-state index in [0.717, 1.165) is 44.1 Å². The van der Waals surface area contributed by atoms with Crippen LogP contribution in [0, 0.1) is 0 Å². The van der Waals surface area contributed by atoms with Gasteiger partial charge in [-0.2, -0.15) is 0 Å². The molecule has 1 N–H and O–H groups in total. The maximum absolute atomic E-state index is 12.3. The Labute approximate surface area is 141 Å². The van der Waals surface area contributed by atoms with Crippen LogP contribution >= 0.6 is 11.3 Å². The van der Waals surface area contributed by atoms with E-state index in [4.69, 9.17) is 4.74 Å². The van der Waals surface area contributed by atoms with E-state index < -0.39 is 0 Å². The largest absolute Gasteiger partial charge is 0.377 e. The molecule has 2 fully saturated rings. The molecule has 1 atom stereocenters. The summed E-state index contributed by atoms with van der Waals surface area (Å²) in [4.78, 5) is 20.7. The number of thiazole rings is 1. The molecule has 0 aliphatic carbocycles. The van der Waals surface area contributed by atoms with E-state index in [9.17, 15) is 4.79 Å². The fourth-order valence-electron chi connectivity index (χ4n) is 3.23. The van der Waals surface area contributed by atoms with Crippen molar-refractivity contribution < 1.29 is 9.53 Å². The molecule has 6 nitrogen and oxygen atoms in total. The molecule has 0 bridgehead atoms. The number of aromatic nitrogens is 1. The molecule has 0 spiro atoms. The van der Waals surface area contributed by atoms with Crippen molar-refractivity contribution in [2.75, 3.05) is 33.3 Å². The van der Waals surface area contributed by atoms with Crippen LogP contribution in [0.3, 0.4) is 0 Å². The molecule has 23 heavy (non-hydrogen) atoms. The summed E-state index contributed by atoms with van der Waals surface area (Å²) in [7, 11) is 1.82.